The predicted molar refractivity (Wildman–Crippen MR) is 59.9 cm³/mol. The molecule has 15 heavy (non-hydrogen) atoms. The Kier molecular flexibility index (Phi) is 2.99. The van der Waals surface area contributed by atoms with Crippen molar-refractivity contribution in [2.75, 3.05) is 18.0 Å². The fraction of sp³-hybridized carbons (Fsp3) is 0.500. The van der Waals surface area contributed by atoms with Crippen LogP contribution in [0.3, 0.4) is 0 Å². The van der Waals surface area contributed by atoms with E-state index in [1.54, 1.807) is 6.92 Å². The molecule has 1 aliphatic heterocycles. The second-order valence-corrected chi connectivity index (χ2v) is 4.08. The van der Waals surface area contributed by atoms with Crippen molar-refractivity contribution in [3.63, 3.8) is 0 Å². The van der Waals surface area contributed by atoms with Gasteiger partial charge in [-0.15, -0.1) is 0 Å². The van der Waals surface area contributed by atoms with E-state index in [0.29, 0.717) is 5.78 Å². The quantitative estimate of drug-likeness (QED) is 0.737. The van der Waals surface area contributed by atoms with E-state index in [2.05, 4.69) is 9.88 Å². The van der Waals surface area contributed by atoms with Crippen molar-refractivity contribution in [3.05, 3.63) is 24.5 Å². The summed E-state index contributed by atoms with van der Waals surface area (Å²) in [5, 5.41) is 0. The standard InChI is InChI=1S/C12H16N2O/c1-10(15)11-4-8-14(9-5-11)12-2-6-13-7-3-12/h2-3,6-7,11H,4-5,8-9H2,1H3. The maximum Gasteiger partial charge on any atom is 0.133 e. The van der Waals surface area contributed by atoms with E-state index in [1.807, 2.05) is 24.5 Å². The lowest BCUT2D eigenvalue weighted by Crippen LogP contribution is -2.35. The van der Waals surface area contributed by atoms with E-state index in [9.17, 15) is 4.79 Å². The van der Waals surface area contributed by atoms with Gasteiger partial charge in [0.2, 0.25) is 0 Å². The average molecular weight is 204 g/mol. The van der Waals surface area contributed by atoms with E-state index in [4.69, 9.17) is 0 Å². The van der Waals surface area contributed by atoms with Crippen molar-refractivity contribution in [2.45, 2.75) is 19.8 Å². The van der Waals surface area contributed by atoms with Gasteiger partial charge in [-0.1, -0.05) is 0 Å². The molecule has 0 unspecified atom stereocenters. The molecule has 0 N–H and O–H groups in total. The molecule has 0 aromatic carbocycles. The third-order valence-electron chi connectivity index (χ3n) is 3.10. The zero-order valence-electron chi connectivity index (χ0n) is 9.02. The first kappa shape index (κ1) is 10.1. The number of carbonyl (C=O) groups is 1. The Balaban J connectivity index is 1.97. The molecule has 0 aliphatic carbocycles. The monoisotopic (exact) mass is 204 g/mol. The number of hydrogen-bond donors (Lipinski definition) is 0. The van der Waals surface area contributed by atoms with Gasteiger partial charge in [-0.2, -0.15) is 0 Å². The van der Waals surface area contributed by atoms with Gasteiger partial charge in [0, 0.05) is 37.1 Å². The largest absolute Gasteiger partial charge is 0.371 e. The maximum absolute atomic E-state index is 11.2. The van der Waals surface area contributed by atoms with Crippen LogP contribution in [0.25, 0.3) is 0 Å². The minimum Gasteiger partial charge on any atom is -0.371 e. The first-order valence-electron chi connectivity index (χ1n) is 5.43. The summed E-state index contributed by atoms with van der Waals surface area (Å²) in [6.07, 6.45) is 5.59. The Hall–Kier alpha value is -1.38. The summed E-state index contributed by atoms with van der Waals surface area (Å²) in [5.74, 6) is 0.618. The molecule has 0 saturated carbocycles. The molecule has 0 atom stereocenters. The first-order chi connectivity index (χ1) is 7.27. The van der Waals surface area contributed by atoms with Crippen molar-refractivity contribution in [1.82, 2.24) is 4.98 Å². The maximum atomic E-state index is 11.2. The van der Waals surface area contributed by atoms with Gasteiger partial charge in [0.15, 0.2) is 0 Å². The minimum absolute atomic E-state index is 0.281. The van der Waals surface area contributed by atoms with Crippen LogP contribution in [0.4, 0.5) is 5.69 Å². The number of nitrogens with zero attached hydrogens (tertiary/aromatic N) is 2. The van der Waals surface area contributed by atoms with Crippen molar-refractivity contribution < 1.29 is 4.79 Å². The molecule has 0 radical (unpaired) electrons. The number of rotatable bonds is 2. The number of anilines is 1. The van der Waals surface area contributed by atoms with Crippen LogP contribution in [0.2, 0.25) is 0 Å². The molecular formula is C12H16N2O. The van der Waals surface area contributed by atoms with Gasteiger partial charge >= 0.3 is 0 Å². The fourth-order valence-electron chi connectivity index (χ4n) is 2.10. The van der Waals surface area contributed by atoms with Crippen molar-refractivity contribution in [2.24, 2.45) is 5.92 Å². The van der Waals surface area contributed by atoms with Crippen LogP contribution in [-0.4, -0.2) is 23.9 Å². The van der Waals surface area contributed by atoms with E-state index in [-0.39, 0.29) is 5.92 Å². The Morgan fingerprint density at radius 2 is 1.93 bits per heavy atom. The number of hydrogen-bond acceptors (Lipinski definition) is 3. The average Bonchev–Trinajstić information content (AvgIpc) is 2.30. The first-order valence-corrected chi connectivity index (χ1v) is 5.43. The third-order valence-corrected chi connectivity index (χ3v) is 3.10. The molecule has 1 saturated heterocycles. The number of pyridine rings is 1. The Bertz CT molecular complexity index is 329. The van der Waals surface area contributed by atoms with Crippen LogP contribution in [0.5, 0.6) is 0 Å². The molecule has 1 aliphatic rings. The van der Waals surface area contributed by atoms with E-state index >= 15 is 0 Å². The van der Waals surface area contributed by atoms with Crippen molar-refractivity contribution in [1.29, 1.82) is 0 Å². The number of piperidine rings is 1. The lowest BCUT2D eigenvalue weighted by Gasteiger charge is -2.32. The van der Waals surface area contributed by atoms with Crippen molar-refractivity contribution >= 4 is 11.5 Å². The number of aromatic nitrogens is 1. The third kappa shape index (κ3) is 2.35. The number of carbonyl (C=O) groups excluding carboxylic acids is 1. The highest BCUT2D eigenvalue weighted by molar-refractivity contribution is 5.78. The summed E-state index contributed by atoms with van der Waals surface area (Å²) in [6.45, 7) is 3.66. The lowest BCUT2D eigenvalue weighted by molar-refractivity contribution is -0.121. The Morgan fingerprint density at radius 1 is 1.33 bits per heavy atom. The molecule has 0 spiro atoms. The Labute approximate surface area is 90.1 Å². The highest BCUT2D eigenvalue weighted by Gasteiger charge is 2.22. The van der Waals surface area contributed by atoms with E-state index < -0.39 is 0 Å². The van der Waals surface area contributed by atoms with E-state index in [1.165, 1.54) is 5.69 Å². The van der Waals surface area contributed by atoms with Gasteiger partial charge in [-0.25, -0.2) is 0 Å². The molecule has 3 heteroatoms. The molecule has 1 fully saturated rings. The predicted octanol–water partition coefficient (Wildman–Crippen LogP) is 1.89. The summed E-state index contributed by atoms with van der Waals surface area (Å²) in [7, 11) is 0. The fourth-order valence-corrected chi connectivity index (χ4v) is 2.10. The van der Waals surface area contributed by atoms with Crippen LogP contribution in [-0.2, 0) is 4.79 Å². The molecule has 1 aromatic heterocycles. The van der Waals surface area contributed by atoms with Gasteiger partial charge in [-0.3, -0.25) is 9.78 Å². The topological polar surface area (TPSA) is 33.2 Å². The lowest BCUT2D eigenvalue weighted by atomic mass is 9.93. The van der Waals surface area contributed by atoms with Crippen LogP contribution in [0.1, 0.15) is 19.8 Å². The van der Waals surface area contributed by atoms with Crippen molar-refractivity contribution in [3.8, 4) is 0 Å². The Morgan fingerprint density at radius 3 is 2.47 bits per heavy atom. The summed E-state index contributed by atoms with van der Waals surface area (Å²) >= 11 is 0. The molecule has 2 rings (SSSR count). The van der Waals surface area contributed by atoms with Gasteiger partial charge in [0.25, 0.3) is 0 Å². The zero-order valence-corrected chi connectivity index (χ0v) is 9.02. The molecule has 0 bridgehead atoms. The summed E-state index contributed by atoms with van der Waals surface area (Å²) < 4.78 is 0. The van der Waals surface area contributed by atoms with Crippen LogP contribution >= 0.6 is 0 Å². The molecule has 3 nitrogen and oxygen atoms in total. The molecule has 1 aromatic rings. The molecule has 2 heterocycles. The second kappa shape index (κ2) is 4.43. The summed E-state index contributed by atoms with van der Waals surface area (Å²) in [5.41, 5.74) is 1.21. The van der Waals surface area contributed by atoms with Gasteiger partial charge < -0.3 is 4.90 Å². The van der Waals surface area contributed by atoms with Crippen LogP contribution in [0.15, 0.2) is 24.5 Å². The number of ketones is 1. The highest BCUT2D eigenvalue weighted by atomic mass is 16.1. The van der Waals surface area contributed by atoms with Gasteiger partial charge in [-0.05, 0) is 31.9 Å². The SMILES string of the molecule is CC(=O)C1CCN(c2ccncc2)CC1. The van der Waals surface area contributed by atoms with Gasteiger partial charge in [0.05, 0.1) is 0 Å². The molecule has 80 valence electrons. The minimum atomic E-state index is 0.281. The molecular weight excluding hydrogens is 188 g/mol. The highest BCUT2D eigenvalue weighted by Crippen LogP contribution is 2.22. The number of Topliss-reactive ketones (excluding diaryl/α,β-unsaturated/α-hetero) is 1. The summed E-state index contributed by atoms with van der Waals surface area (Å²) in [6, 6.07) is 4.04. The van der Waals surface area contributed by atoms with E-state index in [0.717, 1.165) is 25.9 Å². The smallest absolute Gasteiger partial charge is 0.133 e. The van der Waals surface area contributed by atoms with Crippen LogP contribution in [0, 0.1) is 5.92 Å². The van der Waals surface area contributed by atoms with Gasteiger partial charge in [0.1, 0.15) is 5.78 Å². The molecule has 0 amide bonds. The summed E-state index contributed by atoms with van der Waals surface area (Å²) in [4.78, 5) is 17.5. The normalized spacial score (nSPS) is 17.8. The zero-order chi connectivity index (χ0) is 10.7. The second-order valence-electron chi connectivity index (χ2n) is 4.08. The van der Waals surface area contributed by atoms with Crippen LogP contribution < -0.4 is 4.90 Å².